The Labute approximate surface area is 119 Å². The standard InChI is InChI=1S/C13H15F3N4O/c1-3-20-12(11(17)8(2)19-20)18-9-5-4-6-10(7-9)21-13(14,15)16/h4-7,18H,3,17H2,1-2H3. The normalized spacial score (nSPS) is 11.5. The van der Waals surface area contributed by atoms with E-state index in [1.54, 1.807) is 17.7 Å². The van der Waals surface area contributed by atoms with Crippen LogP contribution in [-0.4, -0.2) is 16.1 Å². The molecule has 1 heterocycles. The molecule has 21 heavy (non-hydrogen) atoms. The highest BCUT2D eigenvalue weighted by atomic mass is 19.4. The Kier molecular flexibility index (Phi) is 3.97. The van der Waals surface area contributed by atoms with Gasteiger partial charge in [0.2, 0.25) is 0 Å². The number of halogens is 3. The van der Waals surface area contributed by atoms with E-state index in [-0.39, 0.29) is 5.75 Å². The van der Waals surface area contributed by atoms with Crippen molar-refractivity contribution >= 4 is 17.2 Å². The lowest BCUT2D eigenvalue weighted by Crippen LogP contribution is -2.17. The van der Waals surface area contributed by atoms with Crippen LogP contribution in [0.25, 0.3) is 0 Å². The lowest BCUT2D eigenvalue weighted by Gasteiger charge is -2.12. The van der Waals surface area contributed by atoms with E-state index in [0.29, 0.717) is 29.4 Å². The van der Waals surface area contributed by atoms with Gasteiger partial charge in [0.05, 0.1) is 11.4 Å². The maximum absolute atomic E-state index is 12.2. The van der Waals surface area contributed by atoms with Crippen LogP contribution in [0.1, 0.15) is 12.6 Å². The predicted molar refractivity (Wildman–Crippen MR) is 73.5 cm³/mol. The minimum atomic E-state index is -4.72. The molecule has 0 atom stereocenters. The molecule has 8 heteroatoms. The van der Waals surface area contributed by atoms with Crippen molar-refractivity contribution in [1.29, 1.82) is 0 Å². The van der Waals surface area contributed by atoms with Gasteiger partial charge < -0.3 is 15.8 Å². The van der Waals surface area contributed by atoms with Gasteiger partial charge in [-0.15, -0.1) is 13.2 Å². The average molecular weight is 300 g/mol. The molecule has 2 rings (SSSR count). The van der Waals surface area contributed by atoms with Crippen LogP contribution >= 0.6 is 0 Å². The van der Waals surface area contributed by atoms with Crippen molar-refractivity contribution < 1.29 is 17.9 Å². The third kappa shape index (κ3) is 3.59. The average Bonchev–Trinajstić information content (AvgIpc) is 2.65. The molecular weight excluding hydrogens is 285 g/mol. The first kappa shape index (κ1) is 15.0. The Balaban J connectivity index is 2.26. The molecular formula is C13H15F3N4O. The molecule has 114 valence electrons. The third-order valence-electron chi connectivity index (χ3n) is 2.80. The van der Waals surface area contributed by atoms with Crippen LogP contribution in [0.2, 0.25) is 0 Å². The van der Waals surface area contributed by atoms with Crippen molar-refractivity contribution in [2.45, 2.75) is 26.8 Å². The number of aromatic nitrogens is 2. The number of ether oxygens (including phenoxy) is 1. The summed E-state index contributed by atoms with van der Waals surface area (Å²) >= 11 is 0. The monoisotopic (exact) mass is 300 g/mol. The fraction of sp³-hybridized carbons (Fsp3) is 0.308. The number of nitrogens with one attached hydrogen (secondary N) is 1. The van der Waals surface area contributed by atoms with E-state index in [9.17, 15) is 13.2 Å². The zero-order valence-electron chi connectivity index (χ0n) is 11.5. The van der Waals surface area contributed by atoms with Crippen LogP contribution in [0, 0.1) is 6.92 Å². The van der Waals surface area contributed by atoms with Crippen LogP contribution in [0.5, 0.6) is 5.75 Å². The van der Waals surface area contributed by atoms with Gasteiger partial charge in [0.15, 0.2) is 5.82 Å². The fourth-order valence-corrected chi connectivity index (χ4v) is 1.86. The zero-order valence-corrected chi connectivity index (χ0v) is 11.5. The molecule has 2 aromatic rings. The van der Waals surface area contributed by atoms with E-state index in [4.69, 9.17) is 5.73 Å². The van der Waals surface area contributed by atoms with Crippen LogP contribution in [0.3, 0.4) is 0 Å². The van der Waals surface area contributed by atoms with E-state index in [2.05, 4.69) is 15.2 Å². The number of nitrogens with zero attached hydrogens (tertiary/aromatic N) is 2. The van der Waals surface area contributed by atoms with Crippen LogP contribution in [0.15, 0.2) is 24.3 Å². The van der Waals surface area contributed by atoms with E-state index in [1.807, 2.05) is 6.92 Å². The number of hydrogen-bond donors (Lipinski definition) is 2. The number of alkyl halides is 3. The van der Waals surface area contributed by atoms with Crippen molar-refractivity contribution in [3.8, 4) is 5.75 Å². The quantitative estimate of drug-likeness (QED) is 0.908. The molecule has 0 unspecified atom stereocenters. The number of hydrogen-bond acceptors (Lipinski definition) is 4. The summed E-state index contributed by atoms with van der Waals surface area (Å²) in [5, 5.41) is 7.19. The summed E-state index contributed by atoms with van der Waals surface area (Å²) < 4.78 is 42.1. The maximum atomic E-state index is 12.2. The van der Waals surface area contributed by atoms with Gasteiger partial charge >= 0.3 is 6.36 Å². The SMILES string of the molecule is CCn1nc(C)c(N)c1Nc1cccc(OC(F)(F)F)c1. The number of anilines is 3. The van der Waals surface area contributed by atoms with Crippen LogP contribution < -0.4 is 15.8 Å². The molecule has 0 aliphatic heterocycles. The second-order valence-electron chi connectivity index (χ2n) is 4.36. The minimum absolute atomic E-state index is 0.301. The van der Waals surface area contributed by atoms with Gasteiger partial charge in [-0.2, -0.15) is 5.10 Å². The molecule has 0 aliphatic carbocycles. The Bertz CT molecular complexity index is 637. The largest absolute Gasteiger partial charge is 0.573 e. The van der Waals surface area contributed by atoms with Gasteiger partial charge in [-0.3, -0.25) is 0 Å². The van der Waals surface area contributed by atoms with Crippen LogP contribution in [-0.2, 0) is 6.54 Å². The lowest BCUT2D eigenvalue weighted by molar-refractivity contribution is -0.274. The van der Waals surface area contributed by atoms with Crippen LogP contribution in [0.4, 0.5) is 30.4 Å². The molecule has 0 radical (unpaired) electrons. The molecule has 1 aromatic carbocycles. The van der Waals surface area contributed by atoms with Gasteiger partial charge in [-0.1, -0.05) is 6.07 Å². The number of nitrogens with two attached hydrogens (primary N) is 1. The minimum Gasteiger partial charge on any atom is -0.406 e. The van der Waals surface area contributed by atoms with Gasteiger partial charge in [0, 0.05) is 18.3 Å². The van der Waals surface area contributed by atoms with E-state index in [0.717, 1.165) is 0 Å². The second-order valence-corrected chi connectivity index (χ2v) is 4.36. The first-order chi connectivity index (χ1) is 9.80. The fourth-order valence-electron chi connectivity index (χ4n) is 1.86. The van der Waals surface area contributed by atoms with E-state index in [1.165, 1.54) is 18.2 Å². The maximum Gasteiger partial charge on any atom is 0.573 e. The second kappa shape index (κ2) is 5.55. The summed E-state index contributed by atoms with van der Waals surface area (Å²) in [5.74, 6) is 0.240. The first-order valence-corrected chi connectivity index (χ1v) is 6.26. The predicted octanol–water partition coefficient (Wildman–Crippen LogP) is 3.44. The topological polar surface area (TPSA) is 65.1 Å². The van der Waals surface area contributed by atoms with Crippen molar-refractivity contribution in [3.05, 3.63) is 30.0 Å². The molecule has 5 nitrogen and oxygen atoms in total. The molecule has 3 N–H and O–H groups in total. The van der Waals surface area contributed by atoms with Gasteiger partial charge in [0.1, 0.15) is 5.75 Å². The number of nitrogen functional groups attached to an aromatic ring is 1. The molecule has 0 spiro atoms. The zero-order chi connectivity index (χ0) is 15.6. The molecule has 0 saturated heterocycles. The van der Waals surface area contributed by atoms with Crippen molar-refractivity contribution in [3.63, 3.8) is 0 Å². The summed E-state index contributed by atoms with van der Waals surface area (Å²) in [4.78, 5) is 0. The summed E-state index contributed by atoms with van der Waals surface area (Å²) in [5.41, 5.74) is 7.45. The molecule has 0 aliphatic rings. The molecule has 0 fully saturated rings. The Hall–Kier alpha value is -2.38. The van der Waals surface area contributed by atoms with E-state index < -0.39 is 6.36 Å². The summed E-state index contributed by atoms with van der Waals surface area (Å²) in [6.45, 7) is 4.23. The number of benzene rings is 1. The Morgan fingerprint density at radius 3 is 2.71 bits per heavy atom. The van der Waals surface area contributed by atoms with Crippen molar-refractivity contribution in [2.75, 3.05) is 11.1 Å². The molecule has 0 saturated carbocycles. The molecule has 1 aromatic heterocycles. The Morgan fingerprint density at radius 1 is 1.38 bits per heavy atom. The summed E-state index contributed by atoms with van der Waals surface area (Å²) in [6.07, 6.45) is -4.72. The lowest BCUT2D eigenvalue weighted by atomic mass is 10.3. The van der Waals surface area contributed by atoms with Gasteiger partial charge in [-0.05, 0) is 26.0 Å². The number of rotatable bonds is 4. The highest BCUT2D eigenvalue weighted by molar-refractivity contribution is 5.71. The van der Waals surface area contributed by atoms with E-state index >= 15 is 0 Å². The smallest absolute Gasteiger partial charge is 0.406 e. The van der Waals surface area contributed by atoms with Gasteiger partial charge in [-0.25, -0.2) is 4.68 Å². The highest BCUT2D eigenvalue weighted by Crippen LogP contribution is 2.29. The highest BCUT2D eigenvalue weighted by Gasteiger charge is 2.31. The molecule has 0 amide bonds. The molecule has 0 bridgehead atoms. The van der Waals surface area contributed by atoms with Gasteiger partial charge in [0.25, 0.3) is 0 Å². The summed E-state index contributed by atoms with van der Waals surface area (Å²) in [7, 11) is 0. The third-order valence-corrected chi connectivity index (χ3v) is 2.80. The number of aryl methyl sites for hydroxylation is 2. The van der Waals surface area contributed by atoms with Crippen molar-refractivity contribution in [2.24, 2.45) is 0 Å². The summed E-state index contributed by atoms with van der Waals surface area (Å²) in [6, 6.07) is 5.55. The van der Waals surface area contributed by atoms with Crippen molar-refractivity contribution in [1.82, 2.24) is 9.78 Å². The Morgan fingerprint density at radius 2 is 2.10 bits per heavy atom. The first-order valence-electron chi connectivity index (χ1n) is 6.26.